The molecule has 0 saturated carbocycles. The van der Waals surface area contributed by atoms with Crippen molar-refractivity contribution in [3.63, 3.8) is 0 Å². The van der Waals surface area contributed by atoms with Gasteiger partial charge in [0.2, 0.25) is 0 Å². The van der Waals surface area contributed by atoms with Gasteiger partial charge < -0.3 is 4.98 Å². The van der Waals surface area contributed by atoms with E-state index in [1.807, 2.05) is 12.4 Å². The maximum absolute atomic E-state index is 13.6. The summed E-state index contributed by atoms with van der Waals surface area (Å²) >= 11 is 0. The molecule has 0 aliphatic carbocycles. The summed E-state index contributed by atoms with van der Waals surface area (Å²) in [5, 5.41) is 8.68. The molecule has 0 amide bonds. The quantitative estimate of drug-likeness (QED) is 0.384. The van der Waals surface area contributed by atoms with Crippen LogP contribution in [0.15, 0.2) is 67.3 Å². The molecular formula is C26H23FN6. The fourth-order valence-corrected chi connectivity index (χ4v) is 4.65. The molecule has 3 aromatic heterocycles. The average Bonchev–Trinajstić information content (AvgIpc) is 3.61. The maximum atomic E-state index is 13.6. The SMILES string of the molecule is Fc1ccc(-c2cc(-c3cncc(CN4CCCC4)c3)cc3c(-c4ncc[nH]4)[nH]nc23)cc1. The van der Waals surface area contributed by atoms with E-state index in [9.17, 15) is 4.39 Å². The average molecular weight is 439 g/mol. The van der Waals surface area contributed by atoms with Crippen molar-refractivity contribution in [3.8, 4) is 33.8 Å². The van der Waals surface area contributed by atoms with Gasteiger partial charge >= 0.3 is 0 Å². The number of nitrogens with zero attached hydrogens (tertiary/aromatic N) is 4. The van der Waals surface area contributed by atoms with Crippen LogP contribution in [0.4, 0.5) is 4.39 Å². The molecule has 33 heavy (non-hydrogen) atoms. The van der Waals surface area contributed by atoms with E-state index in [1.54, 1.807) is 24.5 Å². The zero-order chi connectivity index (χ0) is 22.2. The number of likely N-dealkylation sites (tertiary alicyclic amines) is 1. The minimum atomic E-state index is -0.261. The molecule has 164 valence electrons. The fourth-order valence-electron chi connectivity index (χ4n) is 4.65. The number of imidazole rings is 1. The van der Waals surface area contributed by atoms with Crippen LogP contribution in [0.2, 0.25) is 0 Å². The van der Waals surface area contributed by atoms with Crippen molar-refractivity contribution in [3.05, 3.63) is 78.6 Å². The van der Waals surface area contributed by atoms with Crippen LogP contribution < -0.4 is 0 Å². The Labute approximate surface area is 190 Å². The number of halogens is 1. The van der Waals surface area contributed by atoms with Gasteiger partial charge in [0.25, 0.3) is 0 Å². The van der Waals surface area contributed by atoms with E-state index in [-0.39, 0.29) is 5.82 Å². The summed E-state index contributed by atoms with van der Waals surface area (Å²) in [5.74, 6) is 0.462. The van der Waals surface area contributed by atoms with Crippen LogP contribution in [0.1, 0.15) is 18.4 Å². The monoisotopic (exact) mass is 438 g/mol. The largest absolute Gasteiger partial charge is 0.343 e. The summed E-state index contributed by atoms with van der Waals surface area (Å²) in [4.78, 5) is 14.6. The second-order valence-electron chi connectivity index (χ2n) is 8.53. The van der Waals surface area contributed by atoms with Gasteiger partial charge in [-0.05, 0) is 73.0 Å². The summed E-state index contributed by atoms with van der Waals surface area (Å²) in [7, 11) is 0. The van der Waals surface area contributed by atoms with Crippen molar-refractivity contribution < 1.29 is 4.39 Å². The lowest BCUT2D eigenvalue weighted by Crippen LogP contribution is -2.18. The summed E-state index contributed by atoms with van der Waals surface area (Å²) in [6.07, 6.45) is 9.89. The lowest BCUT2D eigenvalue weighted by atomic mass is 9.95. The first-order valence-corrected chi connectivity index (χ1v) is 11.2. The Morgan fingerprint density at radius 3 is 2.58 bits per heavy atom. The number of H-pyrrole nitrogens is 2. The molecule has 0 unspecified atom stereocenters. The molecule has 7 heteroatoms. The van der Waals surface area contributed by atoms with E-state index in [4.69, 9.17) is 0 Å². The molecule has 2 aromatic carbocycles. The number of benzene rings is 2. The maximum Gasteiger partial charge on any atom is 0.156 e. The summed E-state index contributed by atoms with van der Waals surface area (Å²) in [6, 6.07) is 13.0. The van der Waals surface area contributed by atoms with Crippen molar-refractivity contribution in [2.24, 2.45) is 0 Å². The van der Waals surface area contributed by atoms with Crippen LogP contribution in [0.5, 0.6) is 0 Å². The smallest absolute Gasteiger partial charge is 0.156 e. The van der Waals surface area contributed by atoms with Crippen molar-refractivity contribution in [1.29, 1.82) is 0 Å². The molecule has 2 N–H and O–H groups in total. The third kappa shape index (κ3) is 3.81. The Balaban J connectivity index is 1.50. The van der Waals surface area contributed by atoms with Crippen LogP contribution in [-0.2, 0) is 6.54 Å². The summed E-state index contributed by atoms with van der Waals surface area (Å²) in [6.45, 7) is 3.20. The number of rotatable bonds is 5. The second-order valence-corrected chi connectivity index (χ2v) is 8.53. The van der Waals surface area contributed by atoms with E-state index in [2.05, 4.69) is 48.2 Å². The lowest BCUT2D eigenvalue weighted by molar-refractivity contribution is 0.331. The number of nitrogens with one attached hydrogen (secondary N) is 2. The van der Waals surface area contributed by atoms with Gasteiger partial charge in [-0.2, -0.15) is 5.10 Å². The molecule has 1 aliphatic heterocycles. The molecule has 1 fully saturated rings. The van der Waals surface area contributed by atoms with Gasteiger partial charge in [-0.15, -0.1) is 0 Å². The van der Waals surface area contributed by atoms with Gasteiger partial charge in [-0.25, -0.2) is 9.37 Å². The molecule has 0 bridgehead atoms. The van der Waals surface area contributed by atoms with Crippen LogP contribution >= 0.6 is 0 Å². The van der Waals surface area contributed by atoms with Crippen LogP contribution in [0.3, 0.4) is 0 Å². The van der Waals surface area contributed by atoms with Crippen molar-refractivity contribution in [2.75, 3.05) is 13.1 Å². The molecule has 1 saturated heterocycles. The zero-order valence-electron chi connectivity index (χ0n) is 18.1. The molecule has 0 radical (unpaired) electrons. The number of hydrogen-bond acceptors (Lipinski definition) is 4. The Morgan fingerprint density at radius 1 is 0.939 bits per heavy atom. The zero-order valence-corrected chi connectivity index (χ0v) is 18.1. The van der Waals surface area contributed by atoms with Gasteiger partial charge in [0.05, 0.1) is 0 Å². The molecule has 0 atom stereocenters. The number of hydrogen-bond donors (Lipinski definition) is 2. The standard InChI is InChI=1S/C26H23FN6/c27-21-5-3-18(4-6-21)22-12-19(13-23-24(22)31-32-25(23)26-29-7-8-30-26)20-11-17(14-28-15-20)16-33-9-1-2-10-33/h3-8,11-15H,1-2,9-10,16H2,(H,29,30)(H,31,32). The van der Waals surface area contributed by atoms with Gasteiger partial charge in [0.1, 0.15) is 17.0 Å². The van der Waals surface area contributed by atoms with E-state index in [0.717, 1.165) is 64.3 Å². The van der Waals surface area contributed by atoms with Crippen LogP contribution in [0.25, 0.3) is 44.7 Å². The van der Waals surface area contributed by atoms with Gasteiger partial charge in [0.15, 0.2) is 5.82 Å². The van der Waals surface area contributed by atoms with E-state index >= 15 is 0 Å². The Morgan fingerprint density at radius 2 is 1.79 bits per heavy atom. The molecule has 6 nitrogen and oxygen atoms in total. The Bertz CT molecular complexity index is 1400. The fraction of sp³-hybridized carbons (Fsp3) is 0.192. The van der Waals surface area contributed by atoms with Gasteiger partial charge in [0, 0.05) is 47.8 Å². The third-order valence-corrected chi connectivity index (χ3v) is 6.28. The lowest BCUT2D eigenvalue weighted by Gasteiger charge is -2.15. The first-order valence-electron chi connectivity index (χ1n) is 11.2. The Kier molecular flexibility index (Phi) is 4.96. The highest BCUT2D eigenvalue weighted by Crippen LogP contribution is 2.36. The van der Waals surface area contributed by atoms with Crippen molar-refractivity contribution in [2.45, 2.75) is 19.4 Å². The number of aromatic nitrogens is 5. The predicted molar refractivity (Wildman–Crippen MR) is 127 cm³/mol. The van der Waals surface area contributed by atoms with Crippen molar-refractivity contribution in [1.82, 2.24) is 30.0 Å². The minimum Gasteiger partial charge on any atom is -0.343 e. The predicted octanol–water partition coefficient (Wildman–Crippen LogP) is 5.42. The Hall–Kier alpha value is -3.84. The number of aromatic amines is 2. The van der Waals surface area contributed by atoms with Crippen molar-refractivity contribution >= 4 is 10.9 Å². The molecule has 5 aromatic rings. The van der Waals surface area contributed by atoms with Gasteiger partial charge in [-0.1, -0.05) is 12.1 Å². The van der Waals surface area contributed by atoms with E-state index in [0.29, 0.717) is 0 Å². The topological polar surface area (TPSA) is 73.5 Å². The highest BCUT2D eigenvalue weighted by atomic mass is 19.1. The van der Waals surface area contributed by atoms with Crippen LogP contribution in [-0.4, -0.2) is 43.1 Å². The normalized spacial score (nSPS) is 14.3. The molecule has 0 spiro atoms. The van der Waals surface area contributed by atoms with E-state index < -0.39 is 0 Å². The molecule has 4 heterocycles. The van der Waals surface area contributed by atoms with Crippen LogP contribution in [0, 0.1) is 5.82 Å². The van der Waals surface area contributed by atoms with Gasteiger partial charge in [-0.3, -0.25) is 15.0 Å². The van der Waals surface area contributed by atoms with E-state index in [1.165, 1.54) is 30.5 Å². The molecule has 1 aliphatic rings. The first kappa shape index (κ1) is 19.8. The highest BCUT2D eigenvalue weighted by molar-refractivity contribution is 6.03. The molecular weight excluding hydrogens is 415 g/mol. The summed E-state index contributed by atoms with van der Waals surface area (Å²) < 4.78 is 13.6. The minimum absolute atomic E-state index is 0.261. The third-order valence-electron chi connectivity index (χ3n) is 6.28. The number of fused-ring (bicyclic) bond motifs is 1. The highest BCUT2D eigenvalue weighted by Gasteiger charge is 2.17. The second kappa shape index (κ2) is 8.26. The summed E-state index contributed by atoms with van der Waals surface area (Å²) in [5.41, 5.74) is 6.76. The first-order chi connectivity index (χ1) is 16.2. The number of pyridine rings is 1. The molecule has 6 rings (SSSR count).